The molecule has 20 heavy (non-hydrogen) atoms. The molecule has 4 nitrogen and oxygen atoms in total. The van der Waals surface area contributed by atoms with E-state index in [1.165, 1.54) is 18.2 Å². The lowest BCUT2D eigenvalue weighted by Gasteiger charge is -2.08. The lowest BCUT2D eigenvalue weighted by Crippen LogP contribution is -2.15. The van der Waals surface area contributed by atoms with Gasteiger partial charge in [0, 0.05) is 11.2 Å². The van der Waals surface area contributed by atoms with Crippen LogP contribution < -0.4 is 5.32 Å². The molecule has 1 aromatic heterocycles. The van der Waals surface area contributed by atoms with E-state index in [9.17, 15) is 13.6 Å². The number of aromatic nitrogens is 1. The van der Waals surface area contributed by atoms with Crippen molar-refractivity contribution in [1.29, 1.82) is 5.26 Å². The number of benzene rings is 1. The Balaban J connectivity index is 2.35. The maximum atomic E-state index is 13.4. The third-order valence-corrected chi connectivity index (χ3v) is 2.68. The Morgan fingerprint density at radius 2 is 2.10 bits per heavy atom. The molecule has 0 aliphatic rings. The molecule has 0 bridgehead atoms. The predicted octanol–water partition coefficient (Wildman–Crippen LogP) is 3.14. The van der Waals surface area contributed by atoms with Gasteiger partial charge in [0.25, 0.3) is 5.91 Å². The first-order valence-corrected chi connectivity index (χ1v) is 5.71. The van der Waals surface area contributed by atoms with Gasteiger partial charge in [-0.3, -0.25) is 4.79 Å². The lowest BCUT2D eigenvalue weighted by molar-refractivity contribution is 0.102. The molecule has 0 atom stereocenters. The summed E-state index contributed by atoms with van der Waals surface area (Å²) >= 11 is 5.75. The van der Waals surface area contributed by atoms with Crippen molar-refractivity contribution in [3.63, 3.8) is 0 Å². The Labute approximate surface area is 117 Å². The summed E-state index contributed by atoms with van der Waals surface area (Å²) in [5.74, 6) is -3.63. The van der Waals surface area contributed by atoms with Gasteiger partial charge in [-0.2, -0.15) is 9.65 Å². The van der Waals surface area contributed by atoms with Gasteiger partial charge in [0.05, 0.1) is 16.8 Å². The molecule has 0 unspecified atom stereocenters. The molecule has 1 N–H and O–H groups in total. The Morgan fingerprint density at radius 3 is 2.80 bits per heavy atom. The molecule has 0 aliphatic heterocycles. The van der Waals surface area contributed by atoms with E-state index in [0.29, 0.717) is 5.02 Å². The summed E-state index contributed by atoms with van der Waals surface area (Å²) < 4.78 is 26.4. The molecule has 2 aromatic rings. The molecular weight excluding hydrogens is 288 g/mol. The second-order valence-electron chi connectivity index (χ2n) is 3.72. The summed E-state index contributed by atoms with van der Waals surface area (Å²) in [6, 6.07) is 7.10. The molecular formula is C13H6ClF2N3O. The zero-order chi connectivity index (χ0) is 14.7. The Bertz CT molecular complexity index is 728. The third kappa shape index (κ3) is 2.73. The number of nitrogens with one attached hydrogen (secondary N) is 1. The molecule has 100 valence electrons. The summed E-state index contributed by atoms with van der Waals surface area (Å²) in [5, 5.41) is 11.5. The standard InChI is InChI=1S/C13H6ClF2N3O/c14-8-2-1-7(6-17)10(5-8)19-13(20)9-3-4-18-12(16)11(9)15/h1-5H,(H,19,20). The lowest BCUT2D eigenvalue weighted by atomic mass is 10.1. The van der Waals surface area contributed by atoms with Gasteiger partial charge >= 0.3 is 0 Å². The first-order valence-electron chi connectivity index (χ1n) is 5.34. The number of carbonyl (C=O) groups is 1. The average molecular weight is 294 g/mol. The quantitative estimate of drug-likeness (QED) is 0.865. The molecule has 7 heteroatoms. The molecule has 1 amide bonds. The normalized spacial score (nSPS) is 9.90. The fraction of sp³-hybridized carbons (Fsp3) is 0. The number of carbonyl (C=O) groups excluding carboxylic acids is 1. The zero-order valence-electron chi connectivity index (χ0n) is 9.82. The molecule has 0 saturated carbocycles. The van der Waals surface area contributed by atoms with Crippen LogP contribution in [0.2, 0.25) is 5.02 Å². The van der Waals surface area contributed by atoms with Gasteiger partial charge < -0.3 is 5.32 Å². The SMILES string of the molecule is N#Cc1ccc(Cl)cc1NC(=O)c1ccnc(F)c1F. The van der Waals surface area contributed by atoms with E-state index < -0.39 is 23.2 Å². The minimum atomic E-state index is -1.37. The van der Waals surface area contributed by atoms with Crippen LogP contribution in [0.5, 0.6) is 0 Å². The monoisotopic (exact) mass is 293 g/mol. The van der Waals surface area contributed by atoms with E-state index in [2.05, 4.69) is 10.3 Å². The minimum absolute atomic E-state index is 0.113. The van der Waals surface area contributed by atoms with Gasteiger partial charge in [0.1, 0.15) is 6.07 Å². The fourth-order valence-corrected chi connectivity index (χ4v) is 1.67. The van der Waals surface area contributed by atoms with Crippen LogP contribution in [0.15, 0.2) is 30.5 Å². The van der Waals surface area contributed by atoms with Crippen LogP contribution >= 0.6 is 11.6 Å². The van der Waals surface area contributed by atoms with Gasteiger partial charge in [0.2, 0.25) is 5.95 Å². The molecule has 1 aromatic carbocycles. The number of pyridine rings is 1. The van der Waals surface area contributed by atoms with E-state index in [1.54, 1.807) is 0 Å². The van der Waals surface area contributed by atoms with Crippen LogP contribution in [0.25, 0.3) is 0 Å². The van der Waals surface area contributed by atoms with Crippen LogP contribution in [0, 0.1) is 23.1 Å². The van der Waals surface area contributed by atoms with Crippen molar-refractivity contribution in [2.24, 2.45) is 0 Å². The average Bonchev–Trinajstić information content (AvgIpc) is 2.42. The topological polar surface area (TPSA) is 65.8 Å². The first-order chi connectivity index (χ1) is 9.52. The fourth-order valence-electron chi connectivity index (χ4n) is 1.50. The van der Waals surface area contributed by atoms with Crippen molar-refractivity contribution in [3.8, 4) is 6.07 Å². The zero-order valence-corrected chi connectivity index (χ0v) is 10.6. The molecule has 0 spiro atoms. The minimum Gasteiger partial charge on any atom is -0.321 e. The Hall–Kier alpha value is -2.52. The van der Waals surface area contributed by atoms with Crippen LogP contribution in [-0.4, -0.2) is 10.9 Å². The van der Waals surface area contributed by atoms with Gasteiger partial charge in [-0.05, 0) is 24.3 Å². The number of nitriles is 1. The van der Waals surface area contributed by atoms with Gasteiger partial charge in [0.15, 0.2) is 5.82 Å². The predicted molar refractivity (Wildman–Crippen MR) is 68.3 cm³/mol. The first kappa shape index (κ1) is 13.9. The summed E-state index contributed by atoms with van der Waals surface area (Å²) in [4.78, 5) is 15.0. The Morgan fingerprint density at radius 1 is 1.35 bits per heavy atom. The largest absolute Gasteiger partial charge is 0.321 e. The summed E-state index contributed by atoms with van der Waals surface area (Å²) in [6.07, 6.45) is 0.969. The van der Waals surface area contributed by atoms with Gasteiger partial charge in [-0.25, -0.2) is 9.37 Å². The highest BCUT2D eigenvalue weighted by atomic mass is 35.5. The summed E-state index contributed by atoms with van der Waals surface area (Å²) in [5.41, 5.74) is -0.249. The molecule has 0 saturated heterocycles. The number of nitrogens with zero attached hydrogens (tertiary/aromatic N) is 2. The van der Waals surface area contributed by atoms with Crippen LogP contribution in [-0.2, 0) is 0 Å². The maximum absolute atomic E-state index is 13.4. The van der Waals surface area contributed by atoms with E-state index >= 15 is 0 Å². The highest BCUT2D eigenvalue weighted by Crippen LogP contribution is 2.21. The van der Waals surface area contributed by atoms with E-state index in [-0.39, 0.29) is 11.3 Å². The molecule has 0 fully saturated rings. The van der Waals surface area contributed by atoms with Crippen molar-refractivity contribution >= 4 is 23.2 Å². The highest BCUT2D eigenvalue weighted by molar-refractivity contribution is 6.31. The van der Waals surface area contributed by atoms with E-state index in [1.807, 2.05) is 6.07 Å². The molecule has 0 radical (unpaired) electrons. The van der Waals surface area contributed by atoms with Crippen molar-refractivity contribution in [2.75, 3.05) is 5.32 Å². The third-order valence-electron chi connectivity index (χ3n) is 2.44. The smallest absolute Gasteiger partial charge is 0.258 e. The number of amides is 1. The van der Waals surface area contributed by atoms with Crippen molar-refractivity contribution in [2.45, 2.75) is 0 Å². The molecule has 1 heterocycles. The van der Waals surface area contributed by atoms with E-state index in [4.69, 9.17) is 16.9 Å². The van der Waals surface area contributed by atoms with Gasteiger partial charge in [-0.15, -0.1) is 0 Å². The van der Waals surface area contributed by atoms with Crippen LogP contribution in [0.4, 0.5) is 14.5 Å². The number of anilines is 1. The maximum Gasteiger partial charge on any atom is 0.258 e. The number of hydrogen-bond acceptors (Lipinski definition) is 3. The van der Waals surface area contributed by atoms with Crippen LogP contribution in [0.3, 0.4) is 0 Å². The summed E-state index contributed by atoms with van der Waals surface area (Å²) in [7, 11) is 0. The number of rotatable bonds is 2. The highest BCUT2D eigenvalue weighted by Gasteiger charge is 2.17. The second kappa shape index (κ2) is 5.63. The number of halogens is 3. The molecule has 2 rings (SSSR count). The number of hydrogen-bond donors (Lipinski definition) is 1. The summed E-state index contributed by atoms with van der Waals surface area (Å²) in [6.45, 7) is 0. The Kier molecular flexibility index (Phi) is 3.91. The molecule has 0 aliphatic carbocycles. The van der Waals surface area contributed by atoms with Gasteiger partial charge in [-0.1, -0.05) is 11.6 Å². The van der Waals surface area contributed by atoms with Crippen molar-refractivity contribution in [1.82, 2.24) is 4.98 Å². The van der Waals surface area contributed by atoms with E-state index in [0.717, 1.165) is 12.3 Å². The second-order valence-corrected chi connectivity index (χ2v) is 4.16. The van der Waals surface area contributed by atoms with Crippen LogP contribution in [0.1, 0.15) is 15.9 Å². The van der Waals surface area contributed by atoms with Crippen molar-refractivity contribution in [3.05, 3.63) is 58.4 Å². The van der Waals surface area contributed by atoms with Crippen molar-refractivity contribution < 1.29 is 13.6 Å².